The largest absolute Gasteiger partial charge is 0.409 e. The lowest BCUT2D eigenvalue weighted by molar-refractivity contribution is -0.124. The molecular weight excluding hydrogens is 266 g/mol. The maximum absolute atomic E-state index is 12.0. The van der Waals surface area contributed by atoms with Crippen molar-refractivity contribution in [3.05, 3.63) is 34.9 Å². The lowest BCUT2D eigenvalue weighted by Crippen LogP contribution is -2.41. The van der Waals surface area contributed by atoms with Crippen molar-refractivity contribution in [2.24, 2.45) is 22.7 Å². The number of carbonyl (C=O) groups is 1. The van der Waals surface area contributed by atoms with E-state index >= 15 is 0 Å². The number of carbonyl (C=O) groups excluding carboxylic acids is 1. The summed E-state index contributed by atoms with van der Waals surface area (Å²) >= 11 is 5.86. The fourth-order valence-corrected chi connectivity index (χ4v) is 2.00. The first-order chi connectivity index (χ1) is 8.95. The summed E-state index contributed by atoms with van der Waals surface area (Å²) in [5.41, 5.74) is 6.42. The van der Waals surface area contributed by atoms with E-state index in [-0.39, 0.29) is 17.7 Å². The monoisotopic (exact) mass is 283 g/mol. The van der Waals surface area contributed by atoms with Gasteiger partial charge in [-0.05, 0) is 23.6 Å². The van der Waals surface area contributed by atoms with Gasteiger partial charge >= 0.3 is 0 Å². The smallest absolute Gasteiger partial charge is 0.231 e. The van der Waals surface area contributed by atoms with E-state index in [0.717, 1.165) is 5.56 Å². The summed E-state index contributed by atoms with van der Waals surface area (Å²) in [5, 5.41) is 15.0. The minimum Gasteiger partial charge on any atom is -0.409 e. The zero-order chi connectivity index (χ0) is 14.4. The molecule has 104 valence electrons. The highest BCUT2D eigenvalue weighted by molar-refractivity contribution is 6.30. The van der Waals surface area contributed by atoms with Crippen LogP contribution in [0.5, 0.6) is 0 Å². The summed E-state index contributed by atoms with van der Waals surface area (Å²) < 4.78 is 0. The normalized spacial score (nSPS) is 13.4. The van der Waals surface area contributed by atoms with Crippen LogP contribution in [0.4, 0.5) is 0 Å². The first-order valence-electron chi connectivity index (χ1n) is 5.95. The summed E-state index contributed by atoms with van der Waals surface area (Å²) in [4.78, 5) is 12.0. The average molecular weight is 284 g/mol. The van der Waals surface area contributed by atoms with Crippen molar-refractivity contribution >= 4 is 23.3 Å². The van der Waals surface area contributed by atoms with Crippen LogP contribution in [0.15, 0.2) is 29.4 Å². The highest BCUT2D eigenvalue weighted by Crippen LogP contribution is 2.13. The van der Waals surface area contributed by atoms with Crippen LogP contribution < -0.4 is 11.1 Å². The highest BCUT2D eigenvalue weighted by atomic mass is 35.5. The van der Waals surface area contributed by atoms with Gasteiger partial charge in [0.1, 0.15) is 5.92 Å². The van der Waals surface area contributed by atoms with E-state index in [0.29, 0.717) is 11.6 Å². The van der Waals surface area contributed by atoms with Gasteiger partial charge in [0.05, 0.1) is 0 Å². The Bertz CT molecular complexity index is 475. The Morgan fingerprint density at radius 3 is 2.74 bits per heavy atom. The predicted molar refractivity (Wildman–Crippen MR) is 75.0 cm³/mol. The number of nitrogens with zero attached hydrogens (tertiary/aromatic N) is 1. The van der Waals surface area contributed by atoms with Crippen molar-refractivity contribution in [1.82, 2.24) is 5.32 Å². The number of amides is 1. The summed E-state index contributed by atoms with van der Waals surface area (Å²) in [6.45, 7) is 4.02. The molecule has 1 aromatic rings. The van der Waals surface area contributed by atoms with Gasteiger partial charge in [0.15, 0.2) is 5.84 Å². The molecule has 1 atom stereocenters. The maximum Gasteiger partial charge on any atom is 0.231 e. The summed E-state index contributed by atoms with van der Waals surface area (Å²) in [7, 11) is 0. The van der Waals surface area contributed by atoms with Crippen LogP contribution in [0.3, 0.4) is 0 Å². The zero-order valence-electron chi connectivity index (χ0n) is 10.9. The molecule has 0 aliphatic carbocycles. The van der Waals surface area contributed by atoms with Crippen LogP contribution in [-0.4, -0.2) is 17.0 Å². The molecule has 19 heavy (non-hydrogen) atoms. The number of rotatable bonds is 5. The number of hydrogen-bond donors (Lipinski definition) is 3. The van der Waals surface area contributed by atoms with Crippen molar-refractivity contribution in [3.8, 4) is 0 Å². The van der Waals surface area contributed by atoms with Crippen molar-refractivity contribution in [2.75, 3.05) is 0 Å². The number of hydrogen-bond acceptors (Lipinski definition) is 3. The standard InChI is InChI=1S/C13H18ClN3O2/c1-8(2)11(12(15)17-19)13(18)16-7-9-4-3-5-10(14)6-9/h3-6,8,11,19H,7H2,1-2H3,(H2,15,17)(H,16,18). The van der Waals surface area contributed by atoms with E-state index in [9.17, 15) is 4.79 Å². The van der Waals surface area contributed by atoms with Crippen molar-refractivity contribution in [2.45, 2.75) is 20.4 Å². The summed E-state index contributed by atoms with van der Waals surface area (Å²) in [6, 6.07) is 7.21. The predicted octanol–water partition coefficient (Wildman–Crippen LogP) is 1.97. The fourth-order valence-electron chi connectivity index (χ4n) is 1.79. The number of nitrogens with two attached hydrogens (primary N) is 1. The van der Waals surface area contributed by atoms with Gasteiger partial charge in [0.25, 0.3) is 0 Å². The van der Waals surface area contributed by atoms with E-state index in [4.69, 9.17) is 22.5 Å². The van der Waals surface area contributed by atoms with E-state index in [1.54, 1.807) is 12.1 Å². The van der Waals surface area contributed by atoms with Gasteiger partial charge in [-0.3, -0.25) is 4.79 Å². The Morgan fingerprint density at radius 1 is 1.53 bits per heavy atom. The molecule has 0 bridgehead atoms. The Morgan fingerprint density at radius 2 is 2.21 bits per heavy atom. The fraction of sp³-hybridized carbons (Fsp3) is 0.385. The van der Waals surface area contributed by atoms with Gasteiger partial charge in [-0.15, -0.1) is 0 Å². The number of benzene rings is 1. The molecule has 6 heteroatoms. The third-order valence-electron chi connectivity index (χ3n) is 2.74. The van der Waals surface area contributed by atoms with Crippen LogP contribution in [0.25, 0.3) is 0 Å². The van der Waals surface area contributed by atoms with Crippen LogP contribution in [0.2, 0.25) is 5.02 Å². The Kier molecular flexibility index (Phi) is 5.63. The molecule has 0 heterocycles. The van der Waals surface area contributed by atoms with Gasteiger partial charge in [0.2, 0.25) is 5.91 Å². The molecule has 1 amide bonds. The number of amidine groups is 1. The molecule has 0 spiro atoms. The highest BCUT2D eigenvalue weighted by Gasteiger charge is 2.26. The molecule has 5 nitrogen and oxygen atoms in total. The molecule has 0 saturated heterocycles. The second-order valence-corrected chi connectivity index (χ2v) is 5.03. The first-order valence-corrected chi connectivity index (χ1v) is 6.33. The number of halogens is 1. The summed E-state index contributed by atoms with van der Waals surface area (Å²) in [5.74, 6) is -1.07. The average Bonchev–Trinajstić information content (AvgIpc) is 2.36. The topological polar surface area (TPSA) is 87.7 Å². The molecule has 1 unspecified atom stereocenters. The zero-order valence-corrected chi connectivity index (χ0v) is 11.7. The number of oxime groups is 1. The molecule has 1 aromatic carbocycles. The number of nitrogens with one attached hydrogen (secondary N) is 1. The molecule has 0 aromatic heterocycles. The Balaban J connectivity index is 2.68. The van der Waals surface area contributed by atoms with Crippen LogP contribution >= 0.6 is 11.6 Å². The third kappa shape index (κ3) is 4.44. The van der Waals surface area contributed by atoms with Crippen LogP contribution in [-0.2, 0) is 11.3 Å². The van der Waals surface area contributed by atoms with Crippen LogP contribution in [0, 0.1) is 11.8 Å². The SMILES string of the molecule is CC(C)C(C(=O)NCc1cccc(Cl)c1)C(N)=NO. The van der Waals surface area contributed by atoms with Gasteiger partial charge < -0.3 is 16.3 Å². The van der Waals surface area contributed by atoms with E-state index in [2.05, 4.69) is 10.5 Å². The second kappa shape index (κ2) is 6.99. The molecule has 1 rings (SSSR count). The van der Waals surface area contributed by atoms with E-state index in [1.165, 1.54) is 0 Å². The van der Waals surface area contributed by atoms with Gasteiger partial charge in [-0.2, -0.15) is 0 Å². The van der Waals surface area contributed by atoms with Crippen molar-refractivity contribution < 1.29 is 10.0 Å². The Hall–Kier alpha value is -1.75. The first kappa shape index (κ1) is 15.3. The molecule has 4 N–H and O–H groups in total. The van der Waals surface area contributed by atoms with Gasteiger partial charge in [-0.25, -0.2) is 0 Å². The minimum atomic E-state index is -0.649. The third-order valence-corrected chi connectivity index (χ3v) is 2.97. The lowest BCUT2D eigenvalue weighted by Gasteiger charge is -2.18. The van der Waals surface area contributed by atoms with E-state index < -0.39 is 5.92 Å². The minimum absolute atomic E-state index is 0.0599. The molecule has 0 aliphatic rings. The lowest BCUT2D eigenvalue weighted by atomic mass is 9.94. The molecule has 0 radical (unpaired) electrons. The summed E-state index contributed by atoms with van der Waals surface area (Å²) in [6.07, 6.45) is 0. The van der Waals surface area contributed by atoms with Gasteiger partial charge in [-0.1, -0.05) is 42.7 Å². The molecule has 0 saturated carbocycles. The molecule has 0 aliphatic heterocycles. The molecular formula is C13H18ClN3O2. The van der Waals surface area contributed by atoms with Gasteiger partial charge in [0, 0.05) is 11.6 Å². The quantitative estimate of drug-likeness (QED) is 0.334. The second-order valence-electron chi connectivity index (χ2n) is 4.59. The maximum atomic E-state index is 12.0. The van der Waals surface area contributed by atoms with E-state index in [1.807, 2.05) is 26.0 Å². The molecule has 0 fully saturated rings. The van der Waals surface area contributed by atoms with Crippen molar-refractivity contribution in [3.63, 3.8) is 0 Å². The van der Waals surface area contributed by atoms with Crippen LogP contribution in [0.1, 0.15) is 19.4 Å². The van der Waals surface area contributed by atoms with Crippen molar-refractivity contribution in [1.29, 1.82) is 0 Å². The Labute approximate surface area is 117 Å².